The van der Waals surface area contributed by atoms with Gasteiger partial charge in [-0.2, -0.15) is 5.10 Å². The number of aryl methyl sites for hydroxylation is 2. The zero-order valence-corrected chi connectivity index (χ0v) is 14.1. The zero-order chi connectivity index (χ0) is 17.8. The third-order valence-electron chi connectivity index (χ3n) is 4.01. The molecule has 0 unspecified atom stereocenters. The molecule has 0 amide bonds. The summed E-state index contributed by atoms with van der Waals surface area (Å²) < 4.78 is 1.58. The van der Waals surface area contributed by atoms with E-state index in [1.165, 1.54) is 6.08 Å². The number of allylic oxidation sites excluding steroid dienone is 1. The fourth-order valence-corrected chi connectivity index (χ4v) is 2.63. The van der Waals surface area contributed by atoms with Crippen LogP contribution in [0.25, 0.3) is 17.0 Å². The van der Waals surface area contributed by atoms with Gasteiger partial charge in [0.1, 0.15) is 12.0 Å². The lowest BCUT2D eigenvalue weighted by Crippen LogP contribution is -2.00. The van der Waals surface area contributed by atoms with Crippen molar-refractivity contribution in [3.8, 4) is 11.3 Å². The molecule has 25 heavy (non-hydrogen) atoms. The summed E-state index contributed by atoms with van der Waals surface area (Å²) in [7, 11) is 0. The molecular formula is C21H18N2O2. The van der Waals surface area contributed by atoms with Gasteiger partial charge in [-0.1, -0.05) is 59.7 Å². The lowest BCUT2D eigenvalue weighted by atomic mass is 10.1. The summed E-state index contributed by atoms with van der Waals surface area (Å²) >= 11 is 0. The molecule has 0 bridgehead atoms. The Morgan fingerprint density at radius 3 is 2.08 bits per heavy atom. The van der Waals surface area contributed by atoms with Crippen molar-refractivity contribution in [2.24, 2.45) is 0 Å². The highest BCUT2D eigenvalue weighted by Crippen LogP contribution is 2.25. The number of hydrogen-bond acceptors (Lipinski definition) is 3. The molecule has 124 valence electrons. The summed E-state index contributed by atoms with van der Waals surface area (Å²) in [6.45, 7) is 4.01. The maximum absolute atomic E-state index is 11.5. The van der Waals surface area contributed by atoms with Crippen LogP contribution in [0.5, 0.6) is 0 Å². The minimum absolute atomic E-state index is 0.479. The summed E-state index contributed by atoms with van der Waals surface area (Å²) in [5.41, 5.74) is 5.68. The fourth-order valence-electron chi connectivity index (χ4n) is 2.63. The second kappa shape index (κ2) is 7.09. The van der Waals surface area contributed by atoms with Gasteiger partial charge in [0.15, 0.2) is 6.29 Å². The minimum Gasteiger partial charge on any atom is -0.298 e. The number of nitrogens with zero attached hydrogens (tertiary/aromatic N) is 2. The van der Waals surface area contributed by atoms with E-state index in [-0.39, 0.29) is 0 Å². The number of hydrogen-bond donors (Lipinski definition) is 0. The van der Waals surface area contributed by atoms with Gasteiger partial charge >= 0.3 is 0 Å². The number of rotatable bonds is 5. The fraction of sp³-hybridized carbons (Fsp3) is 0.0952. The van der Waals surface area contributed by atoms with Crippen molar-refractivity contribution >= 4 is 18.3 Å². The van der Waals surface area contributed by atoms with Crippen molar-refractivity contribution in [3.63, 3.8) is 0 Å². The molecule has 3 aromatic rings. The highest BCUT2D eigenvalue weighted by molar-refractivity contribution is 5.87. The van der Waals surface area contributed by atoms with Crippen LogP contribution in [0.1, 0.15) is 27.0 Å². The van der Waals surface area contributed by atoms with Crippen LogP contribution in [-0.2, 0) is 4.79 Å². The molecule has 0 aliphatic rings. The first-order valence-electron chi connectivity index (χ1n) is 7.97. The predicted octanol–water partition coefficient (Wildman–Crippen LogP) is 4.07. The lowest BCUT2D eigenvalue weighted by Gasteiger charge is -2.07. The van der Waals surface area contributed by atoms with Gasteiger partial charge in [-0.3, -0.25) is 9.59 Å². The molecule has 4 heteroatoms. The maximum atomic E-state index is 11.5. The van der Waals surface area contributed by atoms with E-state index in [0.29, 0.717) is 17.0 Å². The van der Waals surface area contributed by atoms with Gasteiger partial charge in [-0.15, -0.1) is 0 Å². The SMILES string of the molecule is Cc1ccc(C(=CC=O)n2cc(C=O)c(-c3ccc(C)cc3)n2)cc1. The van der Waals surface area contributed by atoms with E-state index in [1.54, 1.807) is 10.9 Å². The van der Waals surface area contributed by atoms with E-state index in [9.17, 15) is 9.59 Å². The third kappa shape index (κ3) is 3.48. The highest BCUT2D eigenvalue weighted by atomic mass is 16.1. The Morgan fingerprint density at radius 2 is 1.52 bits per heavy atom. The van der Waals surface area contributed by atoms with Crippen LogP contribution in [0, 0.1) is 13.8 Å². The van der Waals surface area contributed by atoms with Crippen LogP contribution in [0.3, 0.4) is 0 Å². The van der Waals surface area contributed by atoms with Gasteiger partial charge in [-0.25, -0.2) is 4.68 Å². The summed E-state index contributed by atoms with van der Waals surface area (Å²) in [6, 6.07) is 15.6. The number of aldehydes is 2. The quantitative estimate of drug-likeness (QED) is 0.523. The van der Waals surface area contributed by atoms with Gasteiger partial charge < -0.3 is 0 Å². The maximum Gasteiger partial charge on any atom is 0.153 e. The van der Waals surface area contributed by atoms with Crippen LogP contribution in [0.4, 0.5) is 0 Å². The Kier molecular flexibility index (Phi) is 4.70. The Morgan fingerprint density at radius 1 is 0.920 bits per heavy atom. The van der Waals surface area contributed by atoms with Crippen molar-refractivity contribution in [1.82, 2.24) is 9.78 Å². The topological polar surface area (TPSA) is 52.0 Å². The van der Waals surface area contributed by atoms with Crippen LogP contribution < -0.4 is 0 Å². The molecule has 4 nitrogen and oxygen atoms in total. The number of benzene rings is 2. The Labute approximate surface area is 146 Å². The Hall–Kier alpha value is -3.27. The molecule has 0 N–H and O–H groups in total. The minimum atomic E-state index is 0.479. The summed E-state index contributed by atoms with van der Waals surface area (Å²) in [5, 5.41) is 4.56. The van der Waals surface area contributed by atoms with Crippen LogP contribution in [0.15, 0.2) is 60.8 Å². The molecule has 1 heterocycles. The zero-order valence-electron chi connectivity index (χ0n) is 14.1. The Bertz CT molecular complexity index is 933. The van der Waals surface area contributed by atoms with Gasteiger partial charge in [0, 0.05) is 23.4 Å². The second-order valence-electron chi connectivity index (χ2n) is 5.92. The van der Waals surface area contributed by atoms with E-state index in [2.05, 4.69) is 5.10 Å². The van der Waals surface area contributed by atoms with E-state index < -0.39 is 0 Å². The van der Waals surface area contributed by atoms with Gasteiger partial charge in [-0.05, 0) is 13.8 Å². The molecular weight excluding hydrogens is 312 g/mol. The molecule has 0 aliphatic carbocycles. The van der Waals surface area contributed by atoms with E-state index in [4.69, 9.17) is 0 Å². The standard InChI is InChI=1S/C21H18N2O2/c1-15-3-7-17(8-4-15)20(11-12-24)23-13-19(14-25)21(22-23)18-9-5-16(2)6-10-18/h3-14H,1-2H3. The smallest absolute Gasteiger partial charge is 0.153 e. The number of carbonyl (C=O) groups is 2. The highest BCUT2D eigenvalue weighted by Gasteiger charge is 2.14. The molecule has 0 saturated heterocycles. The lowest BCUT2D eigenvalue weighted by molar-refractivity contribution is -0.104. The van der Waals surface area contributed by atoms with Gasteiger partial charge in [0.2, 0.25) is 0 Å². The van der Waals surface area contributed by atoms with Crippen LogP contribution in [-0.4, -0.2) is 22.4 Å². The second-order valence-corrected chi connectivity index (χ2v) is 5.92. The molecule has 1 aromatic heterocycles. The number of carbonyl (C=O) groups excluding carboxylic acids is 2. The first-order chi connectivity index (χ1) is 12.1. The van der Waals surface area contributed by atoms with E-state index in [0.717, 1.165) is 34.8 Å². The third-order valence-corrected chi connectivity index (χ3v) is 4.01. The molecule has 0 atom stereocenters. The van der Waals surface area contributed by atoms with Crippen LogP contribution >= 0.6 is 0 Å². The van der Waals surface area contributed by atoms with Crippen molar-refractivity contribution in [2.45, 2.75) is 13.8 Å². The van der Waals surface area contributed by atoms with Crippen molar-refractivity contribution in [2.75, 3.05) is 0 Å². The summed E-state index contributed by atoms with van der Waals surface area (Å²) in [6.07, 6.45) is 4.61. The first-order valence-corrected chi connectivity index (χ1v) is 7.97. The molecule has 0 radical (unpaired) electrons. The summed E-state index contributed by atoms with van der Waals surface area (Å²) in [5.74, 6) is 0. The molecule has 0 saturated carbocycles. The van der Waals surface area contributed by atoms with Crippen molar-refractivity contribution < 1.29 is 9.59 Å². The average Bonchev–Trinajstić information content (AvgIpc) is 3.05. The van der Waals surface area contributed by atoms with Crippen LogP contribution in [0.2, 0.25) is 0 Å². The largest absolute Gasteiger partial charge is 0.298 e. The molecule has 0 aliphatic heterocycles. The predicted molar refractivity (Wildman–Crippen MR) is 98.4 cm³/mol. The van der Waals surface area contributed by atoms with Gasteiger partial charge in [0.05, 0.1) is 11.3 Å². The molecule has 0 fully saturated rings. The molecule has 2 aromatic carbocycles. The van der Waals surface area contributed by atoms with E-state index >= 15 is 0 Å². The monoisotopic (exact) mass is 330 g/mol. The van der Waals surface area contributed by atoms with E-state index in [1.807, 2.05) is 62.4 Å². The summed E-state index contributed by atoms with van der Waals surface area (Å²) in [4.78, 5) is 22.6. The van der Waals surface area contributed by atoms with Crippen molar-refractivity contribution in [3.05, 3.63) is 83.1 Å². The van der Waals surface area contributed by atoms with Crippen molar-refractivity contribution in [1.29, 1.82) is 0 Å². The molecule has 3 rings (SSSR count). The Balaban J connectivity index is 2.10. The first kappa shape index (κ1) is 16.6. The van der Waals surface area contributed by atoms with Gasteiger partial charge in [0.25, 0.3) is 0 Å². The average molecular weight is 330 g/mol. The number of aromatic nitrogens is 2. The molecule has 0 spiro atoms. The normalized spacial score (nSPS) is 11.4.